The minimum Gasteiger partial charge on any atom is -0.497 e. The number of nitrogens with zero attached hydrogens (tertiary/aromatic N) is 1. The number of hydrogen-bond acceptors (Lipinski definition) is 5. The lowest BCUT2D eigenvalue weighted by Crippen LogP contribution is -2.13. The van der Waals surface area contributed by atoms with Gasteiger partial charge in [-0.05, 0) is 60.2 Å². The number of methoxy groups -OCH3 is 2. The summed E-state index contributed by atoms with van der Waals surface area (Å²) in [6.07, 6.45) is 1.84. The molecule has 0 aliphatic heterocycles. The molecule has 0 atom stereocenters. The van der Waals surface area contributed by atoms with Crippen LogP contribution in [-0.4, -0.2) is 24.8 Å². The number of carbonyl (C=O) groups excluding carboxylic acids is 1. The summed E-state index contributed by atoms with van der Waals surface area (Å²) >= 11 is 0. The highest BCUT2D eigenvalue weighted by atomic mass is 16.5. The van der Waals surface area contributed by atoms with Gasteiger partial charge in [0, 0.05) is 17.6 Å². The van der Waals surface area contributed by atoms with E-state index in [4.69, 9.17) is 14.2 Å². The van der Waals surface area contributed by atoms with E-state index in [1.54, 1.807) is 18.8 Å². The highest BCUT2D eigenvalue weighted by molar-refractivity contribution is 5.96. The number of benzene rings is 3. The molecule has 0 radical (unpaired) electrons. The molecule has 6 nitrogen and oxygen atoms in total. The van der Waals surface area contributed by atoms with Crippen LogP contribution in [-0.2, 0) is 11.3 Å². The summed E-state index contributed by atoms with van der Waals surface area (Å²) in [6.45, 7) is 0.190. The molecular formula is C26H24N2O4. The molecule has 0 unspecified atom stereocenters. The average molecular weight is 428 g/mol. The molecule has 3 aromatic carbocycles. The van der Waals surface area contributed by atoms with E-state index >= 15 is 0 Å². The van der Waals surface area contributed by atoms with E-state index in [1.165, 1.54) is 0 Å². The second-order valence-corrected chi connectivity index (χ2v) is 7.06. The lowest BCUT2D eigenvalue weighted by molar-refractivity contribution is 0.0464. The third kappa shape index (κ3) is 4.75. The highest BCUT2D eigenvalue weighted by Crippen LogP contribution is 2.28. The molecule has 0 fully saturated rings. The van der Waals surface area contributed by atoms with Gasteiger partial charge in [-0.3, -0.25) is 0 Å². The van der Waals surface area contributed by atoms with E-state index in [-0.39, 0.29) is 6.61 Å². The lowest BCUT2D eigenvalue weighted by atomic mass is 10.2. The Labute approximate surface area is 187 Å². The van der Waals surface area contributed by atoms with Crippen molar-refractivity contribution >= 4 is 17.3 Å². The summed E-state index contributed by atoms with van der Waals surface area (Å²) in [5, 5.41) is 3.31. The lowest BCUT2D eigenvalue weighted by Gasteiger charge is -2.13. The van der Waals surface area contributed by atoms with Crippen molar-refractivity contribution < 1.29 is 19.0 Å². The minimum atomic E-state index is -0.425. The number of aromatic nitrogens is 1. The summed E-state index contributed by atoms with van der Waals surface area (Å²) in [6, 6.07) is 26.4. The monoisotopic (exact) mass is 428 g/mol. The fourth-order valence-electron chi connectivity index (χ4n) is 3.32. The molecule has 4 rings (SSSR count). The zero-order valence-electron chi connectivity index (χ0n) is 17.9. The summed E-state index contributed by atoms with van der Waals surface area (Å²) < 4.78 is 17.9. The van der Waals surface area contributed by atoms with Crippen LogP contribution in [0.15, 0.2) is 91.1 Å². The fourth-order valence-corrected chi connectivity index (χ4v) is 3.32. The molecule has 32 heavy (non-hydrogen) atoms. The Morgan fingerprint density at radius 3 is 2.06 bits per heavy atom. The van der Waals surface area contributed by atoms with Gasteiger partial charge in [0.15, 0.2) is 5.69 Å². The predicted molar refractivity (Wildman–Crippen MR) is 124 cm³/mol. The molecule has 1 N–H and O–H groups in total. The van der Waals surface area contributed by atoms with Crippen LogP contribution in [0.2, 0.25) is 0 Å². The van der Waals surface area contributed by atoms with Crippen LogP contribution in [0.4, 0.5) is 11.4 Å². The number of ether oxygens (including phenoxy) is 3. The second kappa shape index (κ2) is 9.75. The topological polar surface area (TPSA) is 61.7 Å². The number of anilines is 2. The van der Waals surface area contributed by atoms with E-state index in [1.807, 2.05) is 91.1 Å². The van der Waals surface area contributed by atoms with Crippen LogP contribution in [0.25, 0.3) is 5.69 Å². The van der Waals surface area contributed by atoms with Gasteiger partial charge in [-0.15, -0.1) is 0 Å². The van der Waals surface area contributed by atoms with Crippen molar-refractivity contribution in [2.24, 2.45) is 0 Å². The molecular weight excluding hydrogens is 404 g/mol. The maximum absolute atomic E-state index is 13.2. The number of nitrogens with one attached hydrogen (secondary N) is 1. The van der Waals surface area contributed by atoms with Crippen LogP contribution in [0, 0.1) is 0 Å². The zero-order chi connectivity index (χ0) is 22.3. The fraction of sp³-hybridized carbons (Fsp3) is 0.115. The third-order valence-corrected chi connectivity index (χ3v) is 5.01. The first kappa shape index (κ1) is 21.1. The van der Waals surface area contributed by atoms with Gasteiger partial charge < -0.3 is 24.1 Å². The van der Waals surface area contributed by atoms with E-state index in [9.17, 15) is 4.79 Å². The Morgan fingerprint density at radius 2 is 1.44 bits per heavy atom. The number of esters is 1. The summed E-state index contributed by atoms with van der Waals surface area (Å²) in [7, 11) is 3.24. The van der Waals surface area contributed by atoms with Crippen molar-refractivity contribution in [1.82, 2.24) is 4.57 Å². The maximum Gasteiger partial charge on any atom is 0.357 e. The van der Waals surface area contributed by atoms with E-state index in [0.29, 0.717) is 11.4 Å². The highest BCUT2D eigenvalue weighted by Gasteiger charge is 2.20. The van der Waals surface area contributed by atoms with Gasteiger partial charge in [0.1, 0.15) is 18.1 Å². The number of hydrogen-bond donors (Lipinski definition) is 1. The van der Waals surface area contributed by atoms with E-state index in [2.05, 4.69) is 5.32 Å². The number of rotatable bonds is 8. The smallest absolute Gasteiger partial charge is 0.357 e. The minimum absolute atomic E-state index is 0.190. The molecule has 6 heteroatoms. The molecule has 0 bridgehead atoms. The Kier molecular flexibility index (Phi) is 6.41. The van der Waals surface area contributed by atoms with Crippen LogP contribution >= 0.6 is 0 Å². The van der Waals surface area contributed by atoms with Crippen molar-refractivity contribution in [2.75, 3.05) is 19.5 Å². The molecule has 0 spiro atoms. The van der Waals surface area contributed by atoms with Gasteiger partial charge in [-0.25, -0.2) is 4.79 Å². The Balaban J connectivity index is 1.65. The number of carbonyl (C=O) groups is 1. The molecule has 0 saturated carbocycles. The largest absolute Gasteiger partial charge is 0.497 e. The molecule has 0 aliphatic rings. The zero-order valence-corrected chi connectivity index (χ0v) is 17.9. The Morgan fingerprint density at radius 1 is 0.812 bits per heavy atom. The first-order chi connectivity index (χ1) is 15.7. The Bertz CT molecular complexity index is 1170. The molecule has 0 amide bonds. The van der Waals surface area contributed by atoms with Crippen LogP contribution in [0.3, 0.4) is 0 Å². The molecule has 162 valence electrons. The van der Waals surface area contributed by atoms with Crippen molar-refractivity contribution in [2.45, 2.75) is 6.61 Å². The van der Waals surface area contributed by atoms with Crippen LogP contribution in [0.1, 0.15) is 16.1 Å². The molecule has 1 heterocycles. The average Bonchev–Trinajstić information content (AvgIpc) is 3.27. The molecule has 4 aromatic rings. The first-order valence-electron chi connectivity index (χ1n) is 10.2. The van der Waals surface area contributed by atoms with Gasteiger partial charge >= 0.3 is 5.97 Å². The predicted octanol–water partition coefficient (Wildman–Crippen LogP) is 5.60. The van der Waals surface area contributed by atoms with Crippen molar-refractivity contribution in [3.63, 3.8) is 0 Å². The van der Waals surface area contributed by atoms with Gasteiger partial charge in [0.25, 0.3) is 0 Å². The second-order valence-electron chi connectivity index (χ2n) is 7.06. The van der Waals surface area contributed by atoms with Gasteiger partial charge in [0.05, 0.1) is 19.9 Å². The van der Waals surface area contributed by atoms with Gasteiger partial charge in [-0.1, -0.05) is 30.3 Å². The van der Waals surface area contributed by atoms with Crippen molar-refractivity contribution in [3.8, 4) is 17.2 Å². The Hall–Kier alpha value is -4.19. The van der Waals surface area contributed by atoms with Crippen molar-refractivity contribution in [3.05, 3.63) is 102 Å². The van der Waals surface area contributed by atoms with Gasteiger partial charge in [0.2, 0.25) is 0 Å². The normalized spacial score (nSPS) is 10.4. The summed E-state index contributed by atoms with van der Waals surface area (Å²) in [5.74, 6) is 1.07. The van der Waals surface area contributed by atoms with Crippen molar-refractivity contribution in [1.29, 1.82) is 0 Å². The first-order valence-corrected chi connectivity index (χ1v) is 10.2. The van der Waals surface area contributed by atoms with Crippen LogP contribution in [0.5, 0.6) is 11.5 Å². The molecule has 1 aromatic heterocycles. The van der Waals surface area contributed by atoms with E-state index < -0.39 is 5.97 Å². The van der Waals surface area contributed by atoms with E-state index in [0.717, 1.165) is 28.4 Å². The van der Waals surface area contributed by atoms with Crippen LogP contribution < -0.4 is 14.8 Å². The quantitative estimate of drug-likeness (QED) is 0.371. The standard InChI is InChI=1S/C26H24N2O4/c1-30-22-12-8-20(9-13-22)27-24-16-17-28(21-10-14-23(31-2)15-11-21)25(24)26(29)32-18-19-6-4-3-5-7-19/h3-17,27H,18H2,1-2H3. The molecule has 0 aliphatic carbocycles. The summed E-state index contributed by atoms with van der Waals surface area (Å²) in [4.78, 5) is 13.2. The SMILES string of the molecule is COc1ccc(Nc2ccn(-c3ccc(OC)cc3)c2C(=O)OCc2ccccc2)cc1. The summed E-state index contributed by atoms with van der Waals surface area (Å²) in [5.41, 5.74) is 3.62. The maximum atomic E-state index is 13.2. The molecule has 0 saturated heterocycles. The van der Waals surface area contributed by atoms with Gasteiger partial charge in [-0.2, -0.15) is 0 Å². The third-order valence-electron chi connectivity index (χ3n) is 5.01.